The molecule has 1 aliphatic rings. The van der Waals surface area contributed by atoms with E-state index < -0.39 is 0 Å². The first-order valence-corrected chi connectivity index (χ1v) is 7.84. The van der Waals surface area contributed by atoms with Crippen molar-refractivity contribution in [3.63, 3.8) is 0 Å². The molecule has 0 saturated heterocycles. The molecule has 1 atom stereocenters. The maximum absolute atomic E-state index is 12.5. The van der Waals surface area contributed by atoms with Crippen LogP contribution >= 0.6 is 12.4 Å². The number of nitrogens with two attached hydrogens (primary N) is 1. The van der Waals surface area contributed by atoms with Crippen LogP contribution in [0.3, 0.4) is 0 Å². The van der Waals surface area contributed by atoms with E-state index in [-0.39, 0.29) is 24.4 Å². The second kappa shape index (κ2) is 7.62. The molecule has 3 nitrogen and oxygen atoms in total. The van der Waals surface area contributed by atoms with Gasteiger partial charge >= 0.3 is 0 Å². The summed E-state index contributed by atoms with van der Waals surface area (Å²) in [6.07, 6.45) is 1.25. The molecule has 0 saturated carbocycles. The van der Waals surface area contributed by atoms with Gasteiger partial charge in [-0.25, -0.2) is 0 Å². The Morgan fingerprint density at radius 3 is 2.00 bits per heavy atom. The average molecular weight is 331 g/mol. The highest BCUT2D eigenvalue weighted by molar-refractivity contribution is 5.85. The number of halogens is 1. The highest BCUT2D eigenvalue weighted by atomic mass is 35.5. The summed E-state index contributed by atoms with van der Waals surface area (Å²) >= 11 is 0. The number of hydrogen-bond donors (Lipinski definition) is 1. The van der Waals surface area contributed by atoms with Gasteiger partial charge in [-0.1, -0.05) is 48.5 Å². The number of fused-ring (bicyclic) bond motifs is 3. The van der Waals surface area contributed by atoms with Gasteiger partial charge in [0.2, 0.25) is 5.91 Å². The Morgan fingerprint density at radius 1 is 1.04 bits per heavy atom. The molecule has 4 heteroatoms. The maximum atomic E-state index is 12.5. The minimum atomic E-state index is 0. The van der Waals surface area contributed by atoms with Crippen molar-refractivity contribution in [2.45, 2.75) is 38.9 Å². The van der Waals surface area contributed by atoms with Crippen molar-refractivity contribution >= 4 is 18.3 Å². The molecule has 1 heterocycles. The van der Waals surface area contributed by atoms with Gasteiger partial charge < -0.3 is 10.6 Å². The number of amides is 1. The topological polar surface area (TPSA) is 46.3 Å². The zero-order chi connectivity index (χ0) is 15.5. The van der Waals surface area contributed by atoms with E-state index in [1.54, 1.807) is 0 Å². The number of carbonyl (C=O) groups excluding carboxylic acids is 1. The van der Waals surface area contributed by atoms with Crippen LogP contribution in [0.15, 0.2) is 48.5 Å². The van der Waals surface area contributed by atoms with Crippen LogP contribution in [-0.4, -0.2) is 16.8 Å². The molecule has 0 spiro atoms. The number of hydrogen-bond acceptors (Lipinski definition) is 2. The lowest BCUT2D eigenvalue weighted by molar-refractivity contribution is -0.132. The summed E-state index contributed by atoms with van der Waals surface area (Å²) in [5.74, 6) is 0.184. The third-order valence-electron chi connectivity index (χ3n) is 4.21. The number of rotatable bonds is 3. The summed E-state index contributed by atoms with van der Waals surface area (Å²) in [7, 11) is 0. The van der Waals surface area contributed by atoms with Gasteiger partial charge in [0.15, 0.2) is 0 Å². The van der Waals surface area contributed by atoms with Gasteiger partial charge in [-0.3, -0.25) is 4.79 Å². The minimum absolute atomic E-state index is 0. The van der Waals surface area contributed by atoms with Crippen LogP contribution < -0.4 is 5.73 Å². The molecule has 1 amide bonds. The SMILES string of the molecule is CC(N)CCC(=O)N1Cc2ccccc2-c2ccccc2C1.Cl. The van der Waals surface area contributed by atoms with Crippen molar-refractivity contribution in [3.05, 3.63) is 59.7 Å². The summed E-state index contributed by atoms with van der Waals surface area (Å²) in [5, 5.41) is 0. The maximum Gasteiger partial charge on any atom is 0.223 e. The average Bonchev–Trinajstić information content (AvgIpc) is 2.69. The van der Waals surface area contributed by atoms with Gasteiger partial charge in [0.1, 0.15) is 0 Å². The van der Waals surface area contributed by atoms with Crippen LogP contribution in [0.4, 0.5) is 0 Å². The van der Waals surface area contributed by atoms with Crippen LogP contribution in [0.2, 0.25) is 0 Å². The van der Waals surface area contributed by atoms with Crippen molar-refractivity contribution in [2.24, 2.45) is 5.73 Å². The summed E-state index contributed by atoms with van der Waals surface area (Å²) in [6.45, 7) is 3.28. The molecule has 0 fully saturated rings. The molecule has 0 aromatic heterocycles. The van der Waals surface area contributed by atoms with Gasteiger partial charge in [-0.05, 0) is 35.6 Å². The van der Waals surface area contributed by atoms with E-state index in [0.717, 1.165) is 6.42 Å². The molecule has 2 N–H and O–H groups in total. The Hall–Kier alpha value is -1.84. The van der Waals surface area contributed by atoms with Crippen LogP contribution in [0.5, 0.6) is 0 Å². The van der Waals surface area contributed by atoms with E-state index in [1.165, 1.54) is 22.3 Å². The van der Waals surface area contributed by atoms with E-state index in [1.807, 2.05) is 24.0 Å². The van der Waals surface area contributed by atoms with Gasteiger partial charge in [-0.2, -0.15) is 0 Å². The first kappa shape index (κ1) is 17.5. The van der Waals surface area contributed by atoms with Crippen LogP contribution in [0, 0.1) is 0 Å². The molecule has 2 aromatic carbocycles. The van der Waals surface area contributed by atoms with Crippen molar-refractivity contribution in [1.29, 1.82) is 0 Å². The first-order chi connectivity index (χ1) is 10.6. The monoisotopic (exact) mass is 330 g/mol. The quantitative estimate of drug-likeness (QED) is 0.931. The number of benzene rings is 2. The first-order valence-electron chi connectivity index (χ1n) is 7.84. The van der Waals surface area contributed by atoms with Gasteiger partial charge in [-0.15, -0.1) is 12.4 Å². The molecule has 122 valence electrons. The predicted molar refractivity (Wildman–Crippen MR) is 96.3 cm³/mol. The number of nitrogens with zero attached hydrogens (tertiary/aromatic N) is 1. The Balaban J connectivity index is 0.00000192. The van der Waals surface area contributed by atoms with Crippen LogP contribution in [-0.2, 0) is 17.9 Å². The zero-order valence-electron chi connectivity index (χ0n) is 13.4. The minimum Gasteiger partial charge on any atom is -0.334 e. The third kappa shape index (κ3) is 3.92. The molecule has 0 aliphatic carbocycles. The zero-order valence-corrected chi connectivity index (χ0v) is 14.2. The Labute approximate surface area is 143 Å². The van der Waals surface area contributed by atoms with Gasteiger partial charge in [0.05, 0.1) is 0 Å². The highest BCUT2D eigenvalue weighted by Gasteiger charge is 2.22. The van der Waals surface area contributed by atoms with Crippen molar-refractivity contribution in [1.82, 2.24) is 4.90 Å². The third-order valence-corrected chi connectivity index (χ3v) is 4.21. The molecule has 0 bridgehead atoms. The highest BCUT2D eigenvalue weighted by Crippen LogP contribution is 2.32. The smallest absolute Gasteiger partial charge is 0.223 e. The molecule has 2 aromatic rings. The Bertz CT molecular complexity index is 637. The van der Waals surface area contributed by atoms with E-state index in [2.05, 4.69) is 36.4 Å². The predicted octanol–water partition coefficient (Wildman–Crippen LogP) is 3.75. The second-order valence-corrected chi connectivity index (χ2v) is 6.08. The largest absolute Gasteiger partial charge is 0.334 e. The fourth-order valence-corrected chi connectivity index (χ4v) is 2.99. The lowest BCUT2D eigenvalue weighted by Gasteiger charge is -2.22. The normalized spacial score (nSPS) is 14.1. The summed E-state index contributed by atoms with van der Waals surface area (Å²) < 4.78 is 0. The summed E-state index contributed by atoms with van der Waals surface area (Å²) in [4.78, 5) is 14.5. The fourth-order valence-electron chi connectivity index (χ4n) is 2.99. The van der Waals surface area contributed by atoms with Gasteiger partial charge in [0, 0.05) is 25.6 Å². The Morgan fingerprint density at radius 2 is 1.52 bits per heavy atom. The molecular weight excluding hydrogens is 308 g/mol. The van der Waals surface area contributed by atoms with Crippen molar-refractivity contribution in [3.8, 4) is 11.1 Å². The lowest BCUT2D eigenvalue weighted by Crippen LogP contribution is -2.30. The summed E-state index contributed by atoms with van der Waals surface area (Å²) in [5.41, 5.74) is 10.7. The van der Waals surface area contributed by atoms with E-state index in [0.29, 0.717) is 19.5 Å². The van der Waals surface area contributed by atoms with Gasteiger partial charge in [0.25, 0.3) is 0 Å². The van der Waals surface area contributed by atoms with E-state index >= 15 is 0 Å². The Kier molecular flexibility index (Phi) is 5.80. The molecule has 0 radical (unpaired) electrons. The number of carbonyl (C=O) groups is 1. The molecule has 3 rings (SSSR count). The van der Waals surface area contributed by atoms with Crippen LogP contribution in [0.25, 0.3) is 11.1 Å². The second-order valence-electron chi connectivity index (χ2n) is 6.08. The molecule has 23 heavy (non-hydrogen) atoms. The van der Waals surface area contributed by atoms with Crippen molar-refractivity contribution < 1.29 is 4.79 Å². The van der Waals surface area contributed by atoms with E-state index in [9.17, 15) is 4.79 Å². The van der Waals surface area contributed by atoms with Crippen molar-refractivity contribution in [2.75, 3.05) is 0 Å². The molecule has 1 aliphatic heterocycles. The van der Waals surface area contributed by atoms with Crippen LogP contribution in [0.1, 0.15) is 30.9 Å². The fraction of sp³-hybridized carbons (Fsp3) is 0.316. The van der Waals surface area contributed by atoms with E-state index in [4.69, 9.17) is 5.73 Å². The standard InChI is InChI=1S/C19H22N2O.ClH/c1-14(20)10-11-19(22)21-12-15-6-2-4-8-17(15)18-9-5-3-7-16(18)13-21;/h2-9,14H,10-13,20H2,1H3;1H. The molecular formula is C19H23ClN2O. The molecule has 1 unspecified atom stereocenters. The lowest BCUT2D eigenvalue weighted by atomic mass is 9.97. The summed E-state index contributed by atoms with van der Waals surface area (Å²) in [6, 6.07) is 16.8.